The lowest BCUT2D eigenvalue weighted by Crippen LogP contribution is -2.15. The summed E-state index contributed by atoms with van der Waals surface area (Å²) in [5.41, 5.74) is 0. The van der Waals surface area contributed by atoms with Crippen LogP contribution >= 0.6 is 0 Å². The van der Waals surface area contributed by atoms with Gasteiger partial charge in [0, 0.05) is 6.61 Å². The predicted octanol–water partition coefficient (Wildman–Crippen LogP) is 0.744. The molecule has 1 N–H and O–H groups in total. The topological polar surface area (TPSA) is 46.5 Å². The third-order valence-electron chi connectivity index (χ3n) is 0.994. The van der Waals surface area contributed by atoms with E-state index < -0.39 is 5.97 Å². The van der Waals surface area contributed by atoms with Crippen LogP contribution in [0.4, 0.5) is 0 Å². The normalized spacial score (nSPS) is 13.1. The molecule has 0 aromatic heterocycles. The van der Waals surface area contributed by atoms with Crippen molar-refractivity contribution in [2.75, 3.05) is 13.2 Å². The second-order valence-electron chi connectivity index (χ2n) is 1.90. The number of hydrogen-bond donors (Lipinski definition) is 1. The molecule has 0 aliphatic carbocycles. The maximum Gasteiger partial charge on any atom is 0.308 e. The van der Waals surface area contributed by atoms with Crippen LogP contribution in [-0.4, -0.2) is 24.3 Å². The maximum atomic E-state index is 10.1. The average molecular weight is 132 g/mol. The van der Waals surface area contributed by atoms with Gasteiger partial charge in [0.2, 0.25) is 0 Å². The lowest BCUT2D eigenvalue weighted by atomic mass is 10.2. The number of aliphatic carboxylic acids is 1. The Morgan fingerprint density at radius 1 is 1.78 bits per heavy atom. The second-order valence-corrected chi connectivity index (χ2v) is 1.90. The van der Waals surface area contributed by atoms with Gasteiger partial charge in [-0.05, 0) is 13.8 Å². The first-order valence-electron chi connectivity index (χ1n) is 2.99. The van der Waals surface area contributed by atoms with Gasteiger partial charge in [-0.2, -0.15) is 0 Å². The maximum absolute atomic E-state index is 10.1. The summed E-state index contributed by atoms with van der Waals surface area (Å²) in [4.78, 5) is 10.1. The average Bonchev–Trinajstić information content (AvgIpc) is 1.82. The van der Waals surface area contributed by atoms with Gasteiger partial charge in [-0.25, -0.2) is 0 Å². The van der Waals surface area contributed by atoms with Crippen molar-refractivity contribution in [2.24, 2.45) is 5.92 Å². The molecule has 0 heterocycles. The summed E-state index contributed by atoms with van der Waals surface area (Å²) in [6.45, 7) is 4.36. The Kier molecular flexibility index (Phi) is 4.05. The number of carbonyl (C=O) groups is 1. The molecule has 0 bridgehead atoms. The number of carboxylic acid groups (broad SMARTS) is 1. The van der Waals surface area contributed by atoms with Gasteiger partial charge >= 0.3 is 5.97 Å². The van der Waals surface area contributed by atoms with E-state index in [0.29, 0.717) is 13.2 Å². The molecule has 54 valence electrons. The highest BCUT2D eigenvalue weighted by molar-refractivity contribution is 5.69. The highest BCUT2D eigenvalue weighted by Gasteiger charge is 2.08. The van der Waals surface area contributed by atoms with Crippen molar-refractivity contribution in [1.29, 1.82) is 0 Å². The fraction of sp³-hybridized carbons (Fsp3) is 0.833. The first-order chi connectivity index (χ1) is 4.18. The van der Waals surface area contributed by atoms with Gasteiger partial charge in [-0.3, -0.25) is 4.79 Å². The zero-order valence-electron chi connectivity index (χ0n) is 5.76. The summed E-state index contributed by atoms with van der Waals surface area (Å²) in [5, 5.41) is 8.33. The van der Waals surface area contributed by atoms with Crippen LogP contribution in [0.25, 0.3) is 0 Å². The van der Waals surface area contributed by atoms with Crippen molar-refractivity contribution in [2.45, 2.75) is 13.8 Å². The summed E-state index contributed by atoms with van der Waals surface area (Å²) >= 11 is 0. The summed E-state index contributed by atoms with van der Waals surface area (Å²) in [7, 11) is 0. The molecule has 1 atom stereocenters. The summed E-state index contributed by atoms with van der Waals surface area (Å²) in [6, 6.07) is 0. The van der Waals surface area contributed by atoms with Crippen molar-refractivity contribution in [3.05, 3.63) is 0 Å². The number of carboxylic acids is 1. The highest BCUT2D eigenvalue weighted by Crippen LogP contribution is 1.94. The van der Waals surface area contributed by atoms with E-state index in [2.05, 4.69) is 0 Å². The largest absolute Gasteiger partial charge is 0.481 e. The Morgan fingerprint density at radius 2 is 2.33 bits per heavy atom. The molecule has 0 rings (SSSR count). The lowest BCUT2D eigenvalue weighted by molar-refractivity contribution is -0.143. The van der Waals surface area contributed by atoms with Gasteiger partial charge in [0.25, 0.3) is 0 Å². The molecule has 0 saturated heterocycles. The molecule has 0 aliphatic rings. The fourth-order valence-electron chi connectivity index (χ4n) is 0.366. The zero-order valence-corrected chi connectivity index (χ0v) is 5.76. The summed E-state index contributed by atoms with van der Waals surface area (Å²) in [6.07, 6.45) is 0. The molecule has 9 heavy (non-hydrogen) atoms. The molecule has 0 aliphatic heterocycles. The van der Waals surface area contributed by atoms with Crippen LogP contribution in [0.5, 0.6) is 0 Å². The van der Waals surface area contributed by atoms with Crippen LogP contribution in [0, 0.1) is 5.92 Å². The lowest BCUT2D eigenvalue weighted by Gasteiger charge is -2.03. The second kappa shape index (κ2) is 4.32. The molecule has 3 heteroatoms. The van der Waals surface area contributed by atoms with E-state index in [1.807, 2.05) is 6.92 Å². The molecule has 0 aromatic carbocycles. The van der Waals surface area contributed by atoms with E-state index in [0.717, 1.165) is 0 Å². The quantitative estimate of drug-likeness (QED) is 0.613. The van der Waals surface area contributed by atoms with Crippen molar-refractivity contribution in [3.63, 3.8) is 0 Å². The molecule has 0 aromatic rings. The van der Waals surface area contributed by atoms with Gasteiger partial charge in [0.05, 0.1) is 12.5 Å². The minimum Gasteiger partial charge on any atom is -0.481 e. The standard InChI is InChI=1S/C6H12O3/c1-3-9-4-5(2)6(7)8/h5H,3-4H2,1-2H3,(H,7,8)/t5-/m1/s1. The number of rotatable bonds is 4. The molecule has 0 spiro atoms. The molecular formula is C6H12O3. The van der Waals surface area contributed by atoms with Gasteiger partial charge < -0.3 is 9.84 Å². The molecule has 3 nitrogen and oxygen atoms in total. The van der Waals surface area contributed by atoms with Crippen LogP contribution in [0.1, 0.15) is 13.8 Å². The third kappa shape index (κ3) is 3.97. The van der Waals surface area contributed by atoms with Crippen LogP contribution < -0.4 is 0 Å². The molecule has 0 fully saturated rings. The van der Waals surface area contributed by atoms with Crippen LogP contribution in [-0.2, 0) is 9.53 Å². The molecule has 0 amide bonds. The Balaban J connectivity index is 3.27. The first-order valence-corrected chi connectivity index (χ1v) is 2.99. The van der Waals surface area contributed by atoms with Gasteiger partial charge in [-0.1, -0.05) is 0 Å². The summed E-state index contributed by atoms with van der Waals surface area (Å²) in [5.74, 6) is -1.19. The van der Waals surface area contributed by atoms with Crippen molar-refractivity contribution in [3.8, 4) is 0 Å². The monoisotopic (exact) mass is 132 g/mol. The molecule has 0 saturated carbocycles. The van der Waals surface area contributed by atoms with E-state index in [4.69, 9.17) is 9.84 Å². The first kappa shape index (κ1) is 8.43. The van der Waals surface area contributed by atoms with E-state index in [1.54, 1.807) is 6.92 Å². The highest BCUT2D eigenvalue weighted by atomic mass is 16.5. The Morgan fingerprint density at radius 3 is 2.67 bits per heavy atom. The van der Waals surface area contributed by atoms with Crippen molar-refractivity contribution < 1.29 is 14.6 Å². The number of hydrogen-bond acceptors (Lipinski definition) is 2. The number of ether oxygens (including phenoxy) is 1. The molecular weight excluding hydrogens is 120 g/mol. The SMILES string of the molecule is CCOC[C@@H](C)C(=O)O. The van der Waals surface area contributed by atoms with E-state index in [9.17, 15) is 4.79 Å². The van der Waals surface area contributed by atoms with E-state index >= 15 is 0 Å². The van der Waals surface area contributed by atoms with Crippen molar-refractivity contribution in [1.82, 2.24) is 0 Å². The van der Waals surface area contributed by atoms with Gasteiger partial charge in [0.1, 0.15) is 0 Å². The minimum atomic E-state index is -0.802. The molecule has 0 radical (unpaired) electrons. The fourth-order valence-corrected chi connectivity index (χ4v) is 0.366. The van der Waals surface area contributed by atoms with E-state index in [1.165, 1.54) is 0 Å². The summed E-state index contributed by atoms with van der Waals surface area (Å²) < 4.78 is 4.88. The molecule has 0 unspecified atom stereocenters. The predicted molar refractivity (Wildman–Crippen MR) is 33.3 cm³/mol. The van der Waals surface area contributed by atoms with Crippen LogP contribution in [0.3, 0.4) is 0 Å². The zero-order chi connectivity index (χ0) is 7.28. The Bertz CT molecular complexity index is 90.3. The smallest absolute Gasteiger partial charge is 0.308 e. The van der Waals surface area contributed by atoms with Crippen LogP contribution in [0.2, 0.25) is 0 Å². The van der Waals surface area contributed by atoms with Crippen LogP contribution in [0.15, 0.2) is 0 Å². The Labute approximate surface area is 54.6 Å². The Hall–Kier alpha value is -0.570. The van der Waals surface area contributed by atoms with Gasteiger partial charge in [0.15, 0.2) is 0 Å². The van der Waals surface area contributed by atoms with E-state index in [-0.39, 0.29) is 5.92 Å². The van der Waals surface area contributed by atoms with Crippen molar-refractivity contribution >= 4 is 5.97 Å². The van der Waals surface area contributed by atoms with Gasteiger partial charge in [-0.15, -0.1) is 0 Å². The third-order valence-corrected chi connectivity index (χ3v) is 0.994. The minimum absolute atomic E-state index is 0.311.